The lowest BCUT2D eigenvalue weighted by molar-refractivity contribution is 0.0382. The number of carbonyl (C=O) groups is 1. The Kier molecular flexibility index (Phi) is 3.36. The third-order valence-electron chi connectivity index (χ3n) is 4.47. The number of aromatic nitrogens is 2. The fourth-order valence-electron chi connectivity index (χ4n) is 3.07. The molecule has 0 spiro atoms. The van der Waals surface area contributed by atoms with Gasteiger partial charge in [0.15, 0.2) is 0 Å². The van der Waals surface area contributed by atoms with Gasteiger partial charge in [-0.15, -0.1) is 0 Å². The molecule has 2 heterocycles. The zero-order chi connectivity index (χ0) is 15.2. The maximum absolute atomic E-state index is 12.7. The summed E-state index contributed by atoms with van der Waals surface area (Å²) >= 11 is 0. The van der Waals surface area contributed by atoms with Gasteiger partial charge in [-0.05, 0) is 37.7 Å². The lowest BCUT2D eigenvalue weighted by Gasteiger charge is -2.28. The van der Waals surface area contributed by atoms with Crippen molar-refractivity contribution < 1.29 is 9.90 Å². The normalized spacial score (nSPS) is 23.6. The van der Waals surface area contributed by atoms with Gasteiger partial charge in [0.2, 0.25) is 5.95 Å². The number of likely N-dealkylation sites (tertiary alicyclic amines) is 1. The minimum Gasteiger partial charge on any atom is -0.388 e. The zero-order valence-electron chi connectivity index (χ0n) is 12.5. The third kappa shape index (κ3) is 2.60. The van der Waals surface area contributed by atoms with Gasteiger partial charge in [-0.2, -0.15) is 0 Å². The van der Waals surface area contributed by atoms with Crippen LogP contribution in [0.3, 0.4) is 0 Å². The highest BCUT2D eigenvalue weighted by Gasteiger charge is 2.52. The first-order valence-corrected chi connectivity index (χ1v) is 7.58. The van der Waals surface area contributed by atoms with Crippen molar-refractivity contribution in [2.24, 2.45) is 0 Å². The SMILES string of the molecule is CC(C)c1cc(C(=O)N2CCCC2C2(O)CC2)nc(N)n1. The first-order valence-electron chi connectivity index (χ1n) is 7.58. The fourth-order valence-corrected chi connectivity index (χ4v) is 3.07. The maximum atomic E-state index is 12.7. The summed E-state index contributed by atoms with van der Waals surface area (Å²) in [7, 11) is 0. The van der Waals surface area contributed by atoms with E-state index in [1.165, 1.54) is 0 Å². The second-order valence-electron chi connectivity index (χ2n) is 6.45. The number of nitrogens with two attached hydrogens (primary N) is 1. The molecule has 0 bridgehead atoms. The molecule has 6 nitrogen and oxygen atoms in total. The Bertz CT molecular complexity index is 569. The van der Waals surface area contributed by atoms with Crippen LogP contribution >= 0.6 is 0 Å². The Hall–Kier alpha value is -1.69. The molecule has 6 heteroatoms. The number of amides is 1. The lowest BCUT2D eigenvalue weighted by Crippen LogP contribution is -2.44. The summed E-state index contributed by atoms with van der Waals surface area (Å²) in [6.07, 6.45) is 3.35. The number of carbonyl (C=O) groups excluding carboxylic acids is 1. The van der Waals surface area contributed by atoms with Crippen LogP contribution in [0.25, 0.3) is 0 Å². The Morgan fingerprint density at radius 1 is 1.48 bits per heavy atom. The van der Waals surface area contributed by atoms with Crippen LogP contribution in [-0.4, -0.2) is 44.1 Å². The van der Waals surface area contributed by atoms with Gasteiger partial charge in [0.1, 0.15) is 5.69 Å². The topological polar surface area (TPSA) is 92.3 Å². The van der Waals surface area contributed by atoms with E-state index < -0.39 is 5.60 Å². The summed E-state index contributed by atoms with van der Waals surface area (Å²) in [4.78, 5) is 22.8. The van der Waals surface area contributed by atoms with Gasteiger partial charge in [0, 0.05) is 12.2 Å². The molecule has 21 heavy (non-hydrogen) atoms. The predicted molar refractivity (Wildman–Crippen MR) is 78.8 cm³/mol. The molecule has 114 valence electrons. The molecule has 1 saturated heterocycles. The predicted octanol–water partition coefficient (Wildman–Crippen LogP) is 1.31. The van der Waals surface area contributed by atoms with Gasteiger partial charge in [-0.1, -0.05) is 13.8 Å². The summed E-state index contributed by atoms with van der Waals surface area (Å²) in [5.74, 6) is 0.170. The Balaban J connectivity index is 1.88. The smallest absolute Gasteiger partial charge is 0.273 e. The first-order chi connectivity index (χ1) is 9.90. The fraction of sp³-hybridized carbons (Fsp3) is 0.667. The van der Waals surface area contributed by atoms with E-state index in [-0.39, 0.29) is 23.8 Å². The van der Waals surface area contributed by atoms with E-state index in [0.29, 0.717) is 12.2 Å². The van der Waals surface area contributed by atoms with Crippen LogP contribution in [0.5, 0.6) is 0 Å². The Morgan fingerprint density at radius 3 is 2.81 bits per heavy atom. The molecule has 1 aliphatic heterocycles. The summed E-state index contributed by atoms with van der Waals surface area (Å²) < 4.78 is 0. The molecule has 1 atom stereocenters. The van der Waals surface area contributed by atoms with Crippen LogP contribution in [0.15, 0.2) is 6.07 Å². The summed E-state index contributed by atoms with van der Waals surface area (Å²) in [6.45, 7) is 4.68. The largest absolute Gasteiger partial charge is 0.388 e. The van der Waals surface area contributed by atoms with E-state index in [9.17, 15) is 9.90 Å². The quantitative estimate of drug-likeness (QED) is 0.875. The molecule has 1 unspecified atom stereocenters. The van der Waals surface area contributed by atoms with E-state index in [4.69, 9.17) is 5.73 Å². The van der Waals surface area contributed by atoms with E-state index in [2.05, 4.69) is 9.97 Å². The summed E-state index contributed by atoms with van der Waals surface area (Å²) in [5, 5.41) is 10.3. The molecular formula is C15H22N4O2. The molecule has 2 fully saturated rings. The van der Waals surface area contributed by atoms with Crippen molar-refractivity contribution in [3.63, 3.8) is 0 Å². The van der Waals surface area contributed by atoms with Crippen molar-refractivity contribution in [1.29, 1.82) is 0 Å². The lowest BCUT2D eigenvalue weighted by atomic mass is 10.1. The molecule has 1 aromatic rings. The molecule has 1 aliphatic carbocycles. The van der Waals surface area contributed by atoms with Crippen molar-refractivity contribution >= 4 is 11.9 Å². The van der Waals surface area contributed by atoms with Gasteiger partial charge in [0.05, 0.1) is 11.6 Å². The minimum absolute atomic E-state index is 0.0799. The van der Waals surface area contributed by atoms with Crippen LogP contribution < -0.4 is 5.73 Å². The highest BCUT2D eigenvalue weighted by Crippen LogP contribution is 2.44. The summed E-state index contributed by atoms with van der Waals surface area (Å²) in [6, 6.07) is 1.64. The average Bonchev–Trinajstić information content (AvgIpc) is 3.00. The molecule has 3 N–H and O–H groups in total. The highest BCUT2D eigenvalue weighted by molar-refractivity contribution is 5.93. The summed E-state index contributed by atoms with van der Waals surface area (Å²) in [5.41, 5.74) is 6.15. The van der Waals surface area contributed by atoms with Crippen LogP contribution in [-0.2, 0) is 0 Å². The Labute approximate surface area is 124 Å². The number of hydrogen-bond donors (Lipinski definition) is 2. The third-order valence-corrected chi connectivity index (χ3v) is 4.47. The molecule has 0 radical (unpaired) electrons. The molecule has 0 aromatic carbocycles. The second-order valence-corrected chi connectivity index (χ2v) is 6.45. The van der Waals surface area contributed by atoms with Gasteiger partial charge in [0.25, 0.3) is 5.91 Å². The number of anilines is 1. The van der Waals surface area contributed by atoms with Crippen LogP contribution in [0.1, 0.15) is 61.6 Å². The average molecular weight is 290 g/mol. The molecule has 1 saturated carbocycles. The van der Waals surface area contributed by atoms with Gasteiger partial charge in [-0.25, -0.2) is 9.97 Å². The van der Waals surface area contributed by atoms with E-state index >= 15 is 0 Å². The van der Waals surface area contributed by atoms with Crippen molar-refractivity contribution in [3.8, 4) is 0 Å². The van der Waals surface area contributed by atoms with E-state index in [0.717, 1.165) is 31.4 Å². The molecular weight excluding hydrogens is 268 g/mol. The number of hydrogen-bond acceptors (Lipinski definition) is 5. The number of rotatable bonds is 3. The monoisotopic (exact) mass is 290 g/mol. The van der Waals surface area contributed by atoms with Crippen molar-refractivity contribution in [2.75, 3.05) is 12.3 Å². The van der Waals surface area contributed by atoms with E-state index in [1.54, 1.807) is 11.0 Å². The number of nitrogens with zero attached hydrogens (tertiary/aromatic N) is 3. The Morgan fingerprint density at radius 2 is 2.19 bits per heavy atom. The van der Waals surface area contributed by atoms with Crippen molar-refractivity contribution in [1.82, 2.24) is 14.9 Å². The van der Waals surface area contributed by atoms with Gasteiger partial charge in [-0.3, -0.25) is 4.79 Å². The zero-order valence-corrected chi connectivity index (χ0v) is 12.5. The first kappa shape index (κ1) is 14.3. The highest BCUT2D eigenvalue weighted by atomic mass is 16.3. The van der Waals surface area contributed by atoms with Crippen molar-refractivity contribution in [2.45, 2.75) is 57.1 Å². The van der Waals surface area contributed by atoms with Crippen LogP contribution in [0, 0.1) is 0 Å². The molecule has 1 aromatic heterocycles. The van der Waals surface area contributed by atoms with Crippen LogP contribution in [0.2, 0.25) is 0 Å². The number of aliphatic hydroxyl groups is 1. The standard InChI is InChI=1S/C15H22N4O2/c1-9(2)10-8-11(18-14(16)17-10)13(20)19-7-3-4-12(19)15(21)5-6-15/h8-9,12,21H,3-7H2,1-2H3,(H2,16,17,18). The van der Waals surface area contributed by atoms with Gasteiger partial charge < -0.3 is 15.7 Å². The van der Waals surface area contributed by atoms with Crippen molar-refractivity contribution in [3.05, 3.63) is 17.5 Å². The second kappa shape index (κ2) is 4.94. The minimum atomic E-state index is -0.675. The van der Waals surface area contributed by atoms with Gasteiger partial charge >= 0.3 is 0 Å². The molecule has 1 amide bonds. The van der Waals surface area contributed by atoms with E-state index in [1.807, 2.05) is 13.8 Å². The van der Waals surface area contributed by atoms with Crippen LogP contribution in [0.4, 0.5) is 5.95 Å². The molecule has 3 rings (SSSR count). The maximum Gasteiger partial charge on any atom is 0.273 e. The molecule has 2 aliphatic rings. The number of nitrogen functional groups attached to an aromatic ring is 1.